The molecule has 0 aromatic heterocycles. The molecule has 1 heterocycles. The summed E-state index contributed by atoms with van der Waals surface area (Å²) in [6.45, 7) is 1.93. The van der Waals surface area contributed by atoms with Crippen molar-refractivity contribution in [1.82, 2.24) is 9.62 Å². The van der Waals surface area contributed by atoms with Crippen molar-refractivity contribution in [2.24, 2.45) is 0 Å². The van der Waals surface area contributed by atoms with Crippen molar-refractivity contribution in [3.63, 3.8) is 0 Å². The van der Waals surface area contributed by atoms with E-state index in [1.807, 2.05) is 30.3 Å². The van der Waals surface area contributed by atoms with Gasteiger partial charge in [-0.15, -0.1) is 0 Å². The van der Waals surface area contributed by atoms with Crippen LogP contribution >= 0.6 is 11.6 Å². The Balaban J connectivity index is 1.52. The summed E-state index contributed by atoms with van der Waals surface area (Å²) in [4.78, 5) is 17.2. The fourth-order valence-corrected chi connectivity index (χ4v) is 5.69. The first-order valence-electron chi connectivity index (χ1n) is 11.5. The van der Waals surface area contributed by atoms with Crippen LogP contribution in [0.1, 0.15) is 5.56 Å². The third kappa shape index (κ3) is 6.16. The summed E-state index contributed by atoms with van der Waals surface area (Å²) in [5.41, 5.74) is 1.71. The number of ether oxygens (including phenoxy) is 1. The fraction of sp³-hybridized carbons (Fsp3) is 0.269. The van der Waals surface area contributed by atoms with Crippen LogP contribution in [-0.2, 0) is 21.2 Å². The highest BCUT2D eigenvalue weighted by molar-refractivity contribution is 7.89. The van der Waals surface area contributed by atoms with Gasteiger partial charge in [-0.2, -0.15) is 4.72 Å². The number of piperazine rings is 1. The SMILES string of the molecule is COc1ccc(S(=O)(=O)N[C@H](Cc2ccccc2)C(=O)N2CCN(c3ccc(F)cc3)CC2)cc1Cl. The van der Waals surface area contributed by atoms with Gasteiger partial charge in [-0.25, -0.2) is 12.8 Å². The van der Waals surface area contributed by atoms with Crippen LogP contribution in [0.25, 0.3) is 0 Å². The number of sulfonamides is 1. The lowest BCUT2D eigenvalue weighted by molar-refractivity contribution is -0.133. The van der Waals surface area contributed by atoms with Gasteiger partial charge in [0.15, 0.2) is 0 Å². The predicted molar refractivity (Wildman–Crippen MR) is 137 cm³/mol. The van der Waals surface area contributed by atoms with Crippen LogP contribution in [0.3, 0.4) is 0 Å². The van der Waals surface area contributed by atoms with Crippen molar-refractivity contribution in [3.05, 3.63) is 89.2 Å². The van der Waals surface area contributed by atoms with Crippen molar-refractivity contribution < 1.29 is 22.3 Å². The van der Waals surface area contributed by atoms with Crippen LogP contribution < -0.4 is 14.4 Å². The summed E-state index contributed by atoms with van der Waals surface area (Å²) in [7, 11) is -2.61. The second-order valence-electron chi connectivity index (χ2n) is 8.45. The first-order chi connectivity index (χ1) is 17.3. The number of nitrogens with one attached hydrogen (secondary N) is 1. The van der Waals surface area contributed by atoms with Gasteiger partial charge in [0, 0.05) is 31.9 Å². The second-order valence-corrected chi connectivity index (χ2v) is 10.6. The van der Waals surface area contributed by atoms with Gasteiger partial charge in [-0.1, -0.05) is 41.9 Å². The largest absolute Gasteiger partial charge is 0.495 e. The topological polar surface area (TPSA) is 78.9 Å². The molecule has 1 saturated heterocycles. The molecule has 1 aliphatic heterocycles. The smallest absolute Gasteiger partial charge is 0.241 e. The molecule has 1 amide bonds. The normalized spacial score (nSPS) is 15.0. The molecule has 190 valence electrons. The van der Waals surface area contributed by atoms with Crippen molar-refractivity contribution >= 4 is 33.2 Å². The summed E-state index contributed by atoms with van der Waals surface area (Å²) in [6, 6.07) is 18.6. The van der Waals surface area contributed by atoms with Gasteiger partial charge in [0.25, 0.3) is 0 Å². The van der Waals surface area contributed by atoms with Gasteiger partial charge in [-0.05, 0) is 54.4 Å². The minimum absolute atomic E-state index is 0.0553. The number of halogens is 2. The maximum Gasteiger partial charge on any atom is 0.241 e. The van der Waals surface area contributed by atoms with E-state index >= 15 is 0 Å². The Morgan fingerprint density at radius 1 is 1.03 bits per heavy atom. The Labute approximate surface area is 215 Å². The molecule has 4 rings (SSSR count). The molecule has 0 saturated carbocycles. The molecule has 1 atom stereocenters. The van der Waals surface area contributed by atoms with Crippen LogP contribution in [0.5, 0.6) is 5.75 Å². The molecule has 3 aromatic rings. The minimum Gasteiger partial charge on any atom is -0.495 e. The first-order valence-corrected chi connectivity index (χ1v) is 13.3. The number of hydrogen-bond donors (Lipinski definition) is 1. The Bertz CT molecular complexity index is 1300. The lowest BCUT2D eigenvalue weighted by atomic mass is 10.1. The van der Waals surface area contributed by atoms with Gasteiger partial charge in [0.1, 0.15) is 17.6 Å². The highest BCUT2D eigenvalue weighted by Crippen LogP contribution is 2.27. The number of hydrogen-bond acceptors (Lipinski definition) is 5. The van der Waals surface area contributed by atoms with E-state index in [0.717, 1.165) is 11.3 Å². The van der Waals surface area contributed by atoms with E-state index in [1.54, 1.807) is 17.0 Å². The Kier molecular flexibility index (Phi) is 8.13. The lowest BCUT2D eigenvalue weighted by Gasteiger charge is -2.37. The molecule has 0 radical (unpaired) electrons. The van der Waals surface area contributed by atoms with Crippen LogP contribution in [0, 0.1) is 5.82 Å². The molecule has 3 aromatic carbocycles. The van der Waals surface area contributed by atoms with E-state index in [2.05, 4.69) is 9.62 Å². The zero-order chi connectivity index (χ0) is 25.7. The number of amides is 1. The Morgan fingerprint density at radius 2 is 1.69 bits per heavy atom. The van der Waals surface area contributed by atoms with Crippen LogP contribution in [-0.4, -0.2) is 58.6 Å². The Hall–Kier alpha value is -3.14. The molecule has 0 unspecified atom stereocenters. The molecular formula is C26H27ClFN3O4S. The molecule has 1 aliphatic rings. The minimum atomic E-state index is -4.05. The Morgan fingerprint density at radius 3 is 2.31 bits per heavy atom. The van der Waals surface area contributed by atoms with Crippen molar-refractivity contribution in [1.29, 1.82) is 0 Å². The molecule has 7 nitrogen and oxygen atoms in total. The molecule has 1 fully saturated rings. The molecule has 0 bridgehead atoms. The zero-order valence-electron chi connectivity index (χ0n) is 19.7. The van der Waals surface area contributed by atoms with E-state index in [-0.39, 0.29) is 28.1 Å². The average Bonchev–Trinajstić information content (AvgIpc) is 2.89. The summed E-state index contributed by atoms with van der Waals surface area (Å²) >= 11 is 6.14. The second kappa shape index (κ2) is 11.3. The average molecular weight is 532 g/mol. The van der Waals surface area contributed by atoms with Crippen LogP contribution in [0.2, 0.25) is 5.02 Å². The highest BCUT2D eigenvalue weighted by atomic mass is 35.5. The van der Waals surface area contributed by atoms with E-state index in [9.17, 15) is 17.6 Å². The maximum atomic E-state index is 13.6. The molecular weight excluding hydrogens is 505 g/mol. The van der Waals surface area contributed by atoms with Gasteiger partial charge in [0.05, 0.1) is 17.0 Å². The number of benzene rings is 3. The van der Waals surface area contributed by atoms with E-state index < -0.39 is 16.1 Å². The number of methoxy groups -OCH3 is 1. The summed E-state index contributed by atoms with van der Waals surface area (Å²) in [6.07, 6.45) is 0.195. The van der Waals surface area contributed by atoms with E-state index in [0.29, 0.717) is 31.9 Å². The number of nitrogens with zero attached hydrogens (tertiary/aromatic N) is 2. The number of carbonyl (C=O) groups excluding carboxylic acids is 1. The van der Waals surface area contributed by atoms with Gasteiger partial charge in [0.2, 0.25) is 15.9 Å². The van der Waals surface area contributed by atoms with Crippen LogP contribution in [0.15, 0.2) is 77.7 Å². The number of rotatable bonds is 8. The number of carbonyl (C=O) groups is 1. The van der Waals surface area contributed by atoms with Crippen molar-refractivity contribution in [3.8, 4) is 5.75 Å². The lowest BCUT2D eigenvalue weighted by Crippen LogP contribution is -2.55. The van der Waals surface area contributed by atoms with E-state index in [1.165, 1.54) is 37.4 Å². The summed E-state index contributed by atoms with van der Waals surface area (Å²) in [5, 5.41) is 0.156. The highest BCUT2D eigenvalue weighted by Gasteiger charge is 2.31. The standard InChI is InChI=1S/C26H27ClFN3O4S/c1-35-25-12-11-22(18-23(25)27)36(33,34)29-24(17-19-5-3-2-4-6-19)26(32)31-15-13-30(14-16-31)21-9-7-20(28)8-10-21/h2-12,18,24,29H,13-17H2,1H3/t24-/m1/s1. The maximum absolute atomic E-state index is 13.6. The molecule has 10 heteroatoms. The first kappa shape index (κ1) is 25.9. The van der Waals surface area contributed by atoms with Gasteiger partial charge in [-0.3, -0.25) is 4.79 Å². The molecule has 1 N–H and O–H groups in total. The van der Waals surface area contributed by atoms with E-state index in [4.69, 9.17) is 16.3 Å². The van der Waals surface area contributed by atoms with Gasteiger partial charge < -0.3 is 14.5 Å². The monoisotopic (exact) mass is 531 g/mol. The third-order valence-corrected chi connectivity index (χ3v) is 7.86. The van der Waals surface area contributed by atoms with Crippen molar-refractivity contribution in [2.45, 2.75) is 17.4 Å². The number of anilines is 1. The van der Waals surface area contributed by atoms with Crippen LogP contribution in [0.4, 0.5) is 10.1 Å². The molecule has 36 heavy (non-hydrogen) atoms. The third-order valence-electron chi connectivity index (χ3n) is 6.09. The molecule has 0 aliphatic carbocycles. The van der Waals surface area contributed by atoms with Crippen molar-refractivity contribution in [2.75, 3.05) is 38.2 Å². The zero-order valence-corrected chi connectivity index (χ0v) is 21.3. The molecule has 0 spiro atoms. The summed E-state index contributed by atoms with van der Waals surface area (Å²) in [5.74, 6) is -0.255. The van der Waals surface area contributed by atoms with Gasteiger partial charge >= 0.3 is 0 Å². The summed E-state index contributed by atoms with van der Waals surface area (Å²) < 4.78 is 47.4. The fourth-order valence-electron chi connectivity index (χ4n) is 4.16. The quantitative estimate of drug-likeness (QED) is 0.479. The predicted octanol–water partition coefficient (Wildman–Crippen LogP) is 3.73.